The molecule has 1 aromatic carbocycles. The zero-order chi connectivity index (χ0) is 13.8. The Morgan fingerprint density at radius 2 is 2.21 bits per heavy atom. The minimum Gasteiger partial charge on any atom is -0.433 e. The predicted octanol–water partition coefficient (Wildman–Crippen LogP) is 4.57. The van der Waals surface area contributed by atoms with E-state index in [4.69, 9.17) is 11.6 Å². The molecule has 0 bridgehead atoms. The fourth-order valence-electron chi connectivity index (χ4n) is 1.54. The first-order chi connectivity index (χ1) is 9.06. The highest BCUT2D eigenvalue weighted by atomic mass is 35.5. The van der Waals surface area contributed by atoms with E-state index in [9.17, 15) is 8.78 Å². The molecule has 0 aliphatic heterocycles. The van der Waals surface area contributed by atoms with Crippen molar-refractivity contribution in [2.45, 2.75) is 19.6 Å². The van der Waals surface area contributed by atoms with Crippen molar-refractivity contribution >= 4 is 28.6 Å². The molecule has 0 saturated carbocycles. The van der Waals surface area contributed by atoms with Gasteiger partial charge in [-0.25, -0.2) is 0 Å². The number of hydrogen-bond acceptors (Lipinski definition) is 4. The molecule has 1 heterocycles. The zero-order valence-corrected chi connectivity index (χ0v) is 11.5. The summed E-state index contributed by atoms with van der Waals surface area (Å²) >= 11 is 7.41. The second-order valence-electron chi connectivity index (χ2n) is 3.79. The van der Waals surface area contributed by atoms with Crippen molar-refractivity contribution in [1.82, 2.24) is 4.98 Å². The minimum absolute atomic E-state index is 0.0346. The lowest BCUT2D eigenvalue weighted by molar-refractivity contribution is -0.0497. The van der Waals surface area contributed by atoms with Crippen LogP contribution in [0.5, 0.6) is 5.75 Å². The Balaban J connectivity index is 2.07. The number of nitrogens with zero attached hydrogens (tertiary/aromatic N) is 1. The van der Waals surface area contributed by atoms with Crippen molar-refractivity contribution < 1.29 is 13.5 Å². The van der Waals surface area contributed by atoms with Crippen molar-refractivity contribution in [3.8, 4) is 5.75 Å². The molecule has 19 heavy (non-hydrogen) atoms. The Labute approximate surface area is 118 Å². The number of nitrogens with one attached hydrogen (secondary N) is 1. The summed E-state index contributed by atoms with van der Waals surface area (Å²) in [6, 6.07) is 4.67. The van der Waals surface area contributed by atoms with Gasteiger partial charge in [-0.15, -0.1) is 11.3 Å². The monoisotopic (exact) mass is 304 g/mol. The standard InChI is InChI=1S/C12H11ClF2N2OS/c1-7(11-5-16-6-19-11)17-8-2-3-10(9(13)4-8)18-12(14)15/h2-7,12,17H,1H3. The van der Waals surface area contributed by atoms with Gasteiger partial charge in [0.05, 0.1) is 16.6 Å². The Bertz CT molecular complexity index is 537. The quantitative estimate of drug-likeness (QED) is 0.878. The molecule has 102 valence electrons. The molecule has 0 saturated heterocycles. The first-order valence-electron chi connectivity index (χ1n) is 5.45. The van der Waals surface area contributed by atoms with Crippen LogP contribution < -0.4 is 10.1 Å². The van der Waals surface area contributed by atoms with Gasteiger partial charge in [-0.2, -0.15) is 8.78 Å². The van der Waals surface area contributed by atoms with Crippen LogP contribution in [0, 0.1) is 0 Å². The van der Waals surface area contributed by atoms with E-state index in [2.05, 4.69) is 15.0 Å². The summed E-state index contributed by atoms with van der Waals surface area (Å²) in [7, 11) is 0. The summed E-state index contributed by atoms with van der Waals surface area (Å²) < 4.78 is 28.5. The number of benzene rings is 1. The van der Waals surface area contributed by atoms with Gasteiger partial charge >= 0.3 is 6.61 Å². The Morgan fingerprint density at radius 3 is 2.79 bits per heavy atom. The number of thiazole rings is 1. The van der Waals surface area contributed by atoms with Gasteiger partial charge in [0.25, 0.3) is 0 Å². The Hall–Kier alpha value is -1.40. The number of ether oxygens (including phenoxy) is 1. The molecule has 0 amide bonds. The molecule has 1 atom stereocenters. The normalized spacial score (nSPS) is 12.5. The maximum atomic E-state index is 12.1. The van der Waals surface area contributed by atoms with Gasteiger partial charge in [-0.1, -0.05) is 11.6 Å². The van der Waals surface area contributed by atoms with Gasteiger partial charge in [0.1, 0.15) is 5.75 Å². The van der Waals surface area contributed by atoms with Crippen LogP contribution in [-0.4, -0.2) is 11.6 Å². The lowest BCUT2D eigenvalue weighted by atomic mass is 10.2. The van der Waals surface area contributed by atoms with E-state index in [1.807, 2.05) is 6.92 Å². The van der Waals surface area contributed by atoms with Gasteiger partial charge in [-0.3, -0.25) is 4.98 Å². The average Bonchev–Trinajstić information content (AvgIpc) is 2.86. The van der Waals surface area contributed by atoms with Crippen LogP contribution in [0.3, 0.4) is 0 Å². The fourth-order valence-corrected chi connectivity index (χ4v) is 2.40. The number of halogens is 3. The summed E-state index contributed by atoms with van der Waals surface area (Å²) in [6.45, 7) is -0.905. The largest absolute Gasteiger partial charge is 0.433 e. The van der Waals surface area contributed by atoms with Gasteiger partial charge in [0, 0.05) is 16.8 Å². The van der Waals surface area contributed by atoms with Crippen molar-refractivity contribution in [1.29, 1.82) is 0 Å². The van der Waals surface area contributed by atoms with Crippen molar-refractivity contribution in [2.75, 3.05) is 5.32 Å². The molecule has 2 rings (SSSR count). The van der Waals surface area contributed by atoms with E-state index in [0.29, 0.717) is 0 Å². The fraction of sp³-hybridized carbons (Fsp3) is 0.250. The van der Waals surface area contributed by atoms with Crippen LogP contribution in [0.15, 0.2) is 29.9 Å². The van der Waals surface area contributed by atoms with Gasteiger partial charge in [0.15, 0.2) is 0 Å². The lowest BCUT2D eigenvalue weighted by Gasteiger charge is -2.14. The molecule has 0 aliphatic rings. The second kappa shape index (κ2) is 6.16. The molecule has 1 N–H and O–H groups in total. The van der Waals surface area contributed by atoms with Crippen LogP contribution >= 0.6 is 22.9 Å². The van der Waals surface area contributed by atoms with E-state index in [-0.39, 0.29) is 16.8 Å². The van der Waals surface area contributed by atoms with E-state index < -0.39 is 6.61 Å². The molecule has 0 fully saturated rings. The van der Waals surface area contributed by atoms with Crippen molar-refractivity contribution in [2.24, 2.45) is 0 Å². The van der Waals surface area contributed by atoms with Crippen LogP contribution in [0.1, 0.15) is 17.8 Å². The number of aromatic nitrogens is 1. The third-order valence-electron chi connectivity index (χ3n) is 2.41. The van der Waals surface area contributed by atoms with E-state index in [1.54, 1.807) is 23.8 Å². The van der Waals surface area contributed by atoms with Gasteiger partial charge < -0.3 is 10.1 Å². The third-order valence-corrected chi connectivity index (χ3v) is 3.66. The summed E-state index contributed by atoms with van der Waals surface area (Å²) in [5.41, 5.74) is 2.48. The molecular formula is C12H11ClF2N2OS. The molecular weight excluding hydrogens is 294 g/mol. The summed E-state index contributed by atoms with van der Waals surface area (Å²) in [5, 5.41) is 3.35. The zero-order valence-electron chi connectivity index (χ0n) is 9.94. The lowest BCUT2D eigenvalue weighted by Crippen LogP contribution is -2.06. The van der Waals surface area contributed by atoms with Crippen molar-refractivity contribution in [3.05, 3.63) is 39.8 Å². The highest BCUT2D eigenvalue weighted by Gasteiger charge is 2.11. The topological polar surface area (TPSA) is 34.1 Å². The minimum atomic E-state index is -2.88. The number of hydrogen-bond donors (Lipinski definition) is 1. The molecule has 0 radical (unpaired) electrons. The molecule has 7 heteroatoms. The molecule has 0 aliphatic carbocycles. The Morgan fingerprint density at radius 1 is 1.42 bits per heavy atom. The molecule has 1 aromatic heterocycles. The maximum Gasteiger partial charge on any atom is 0.387 e. The average molecular weight is 305 g/mol. The van der Waals surface area contributed by atoms with Crippen LogP contribution in [0.4, 0.5) is 14.5 Å². The first-order valence-corrected chi connectivity index (χ1v) is 6.71. The maximum absolute atomic E-state index is 12.1. The first kappa shape index (κ1) is 14.0. The SMILES string of the molecule is CC(Nc1ccc(OC(F)F)c(Cl)c1)c1cncs1. The highest BCUT2D eigenvalue weighted by molar-refractivity contribution is 7.09. The highest BCUT2D eigenvalue weighted by Crippen LogP contribution is 2.30. The van der Waals surface area contributed by atoms with E-state index in [1.165, 1.54) is 17.4 Å². The summed E-state index contributed by atoms with van der Waals surface area (Å²) in [6.07, 6.45) is 1.78. The number of rotatable bonds is 5. The van der Waals surface area contributed by atoms with Gasteiger partial charge in [-0.05, 0) is 25.1 Å². The predicted molar refractivity (Wildman–Crippen MR) is 72.2 cm³/mol. The smallest absolute Gasteiger partial charge is 0.387 e. The molecule has 3 nitrogen and oxygen atoms in total. The van der Waals surface area contributed by atoms with E-state index in [0.717, 1.165) is 10.6 Å². The van der Waals surface area contributed by atoms with Crippen molar-refractivity contribution in [3.63, 3.8) is 0 Å². The summed E-state index contributed by atoms with van der Waals surface area (Å²) in [4.78, 5) is 5.07. The third kappa shape index (κ3) is 3.78. The van der Waals surface area contributed by atoms with Crippen LogP contribution in [0.2, 0.25) is 5.02 Å². The van der Waals surface area contributed by atoms with Crippen LogP contribution in [-0.2, 0) is 0 Å². The summed E-state index contributed by atoms with van der Waals surface area (Å²) in [5.74, 6) is -0.0346. The van der Waals surface area contributed by atoms with Gasteiger partial charge in [0.2, 0.25) is 0 Å². The molecule has 2 aromatic rings. The second-order valence-corrected chi connectivity index (χ2v) is 5.12. The van der Waals surface area contributed by atoms with E-state index >= 15 is 0 Å². The number of anilines is 1. The molecule has 1 unspecified atom stereocenters. The Kier molecular flexibility index (Phi) is 4.55. The van der Waals surface area contributed by atoms with Crippen LogP contribution in [0.25, 0.3) is 0 Å². The molecule has 0 spiro atoms. The number of alkyl halides is 2.